The molecule has 1 N–H and O–H groups in total. The zero-order chi connectivity index (χ0) is 36.1. The average Bonchev–Trinajstić information content (AvgIpc) is 3.60. The Balaban J connectivity index is 1.22. The van der Waals surface area contributed by atoms with Crippen LogP contribution >= 0.6 is 22.9 Å². The summed E-state index contributed by atoms with van der Waals surface area (Å²) in [5.41, 5.74) is 2.52. The number of pyridine rings is 2. The normalized spacial score (nSPS) is 20.0. The van der Waals surface area contributed by atoms with Crippen molar-refractivity contribution in [2.24, 2.45) is 5.92 Å². The Labute approximate surface area is 300 Å². The number of carboxylic acids is 1. The van der Waals surface area contributed by atoms with E-state index in [4.69, 9.17) is 11.6 Å². The van der Waals surface area contributed by atoms with E-state index in [-0.39, 0.29) is 53.6 Å². The van der Waals surface area contributed by atoms with E-state index in [1.165, 1.54) is 22.1 Å². The molecule has 0 spiro atoms. The molecular formula is C37H32ClF2N7O3S. The number of halogens is 3. The summed E-state index contributed by atoms with van der Waals surface area (Å²) in [5.74, 6) is 6.22. The second-order valence-electron chi connectivity index (χ2n) is 13.1. The first-order valence-electron chi connectivity index (χ1n) is 16.4. The van der Waals surface area contributed by atoms with E-state index in [1.807, 2.05) is 16.8 Å². The van der Waals surface area contributed by atoms with Gasteiger partial charge in [0, 0.05) is 58.5 Å². The molecule has 2 fully saturated rings. The van der Waals surface area contributed by atoms with E-state index in [0.717, 1.165) is 12.0 Å². The Bertz CT molecular complexity index is 2380. The maximum atomic E-state index is 14.1. The summed E-state index contributed by atoms with van der Waals surface area (Å²) in [6.45, 7) is 3.53. The first-order chi connectivity index (χ1) is 24.5. The average molecular weight is 728 g/mol. The zero-order valence-electron chi connectivity index (χ0n) is 27.9. The number of thiophene rings is 1. The van der Waals surface area contributed by atoms with Gasteiger partial charge in [-0.25, -0.2) is 23.5 Å². The Kier molecular flexibility index (Phi) is 9.23. The van der Waals surface area contributed by atoms with Gasteiger partial charge < -0.3 is 10.0 Å². The third-order valence-electron chi connectivity index (χ3n) is 10.2. The second-order valence-corrected chi connectivity index (χ2v) is 14.4. The van der Waals surface area contributed by atoms with Crippen LogP contribution in [0.5, 0.6) is 0 Å². The summed E-state index contributed by atoms with van der Waals surface area (Å²) in [7, 11) is 1.84. The van der Waals surface area contributed by atoms with Gasteiger partial charge in [-0.1, -0.05) is 30.4 Å². The molecule has 2 aliphatic heterocycles. The first-order valence-corrected chi connectivity index (χ1v) is 17.7. The van der Waals surface area contributed by atoms with Crippen molar-refractivity contribution in [1.29, 1.82) is 5.26 Å². The van der Waals surface area contributed by atoms with Crippen molar-refractivity contribution in [1.82, 2.24) is 24.4 Å². The summed E-state index contributed by atoms with van der Waals surface area (Å²) in [6.07, 6.45) is 2.81. The van der Waals surface area contributed by atoms with E-state index in [9.17, 15) is 28.7 Å². The van der Waals surface area contributed by atoms with Crippen LogP contribution in [-0.2, 0) is 6.54 Å². The van der Waals surface area contributed by atoms with Crippen molar-refractivity contribution in [3.8, 4) is 29.0 Å². The van der Waals surface area contributed by atoms with E-state index < -0.39 is 18.0 Å². The number of carboxylic acid groups (broad SMARTS) is 1. The number of aryl methyl sites for hydroxylation is 1. The van der Waals surface area contributed by atoms with Crippen molar-refractivity contribution in [3.63, 3.8) is 0 Å². The predicted molar refractivity (Wildman–Crippen MR) is 193 cm³/mol. The molecule has 51 heavy (non-hydrogen) atoms. The molecule has 260 valence electrons. The van der Waals surface area contributed by atoms with Crippen LogP contribution in [-0.4, -0.2) is 73.6 Å². The third kappa shape index (κ3) is 6.20. The topological polar surface area (TPSA) is 128 Å². The van der Waals surface area contributed by atoms with Gasteiger partial charge in [0.1, 0.15) is 23.3 Å². The van der Waals surface area contributed by atoms with Crippen LogP contribution in [0.1, 0.15) is 53.5 Å². The van der Waals surface area contributed by atoms with Crippen molar-refractivity contribution < 1.29 is 18.7 Å². The number of nitrogens with zero attached hydrogens (tertiary/aromatic N) is 7. The quantitative estimate of drug-likeness (QED) is 0.185. The Hall–Kier alpha value is -4.95. The largest absolute Gasteiger partial charge is 0.478 e. The van der Waals surface area contributed by atoms with Gasteiger partial charge in [0.05, 0.1) is 46.0 Å². The van der Waals surface area contributed by atoms with Crippen LogP contribution in [0.25, 0.3) is 32.2 Å². The van der Waals surface area contributed by atoms with Gasteiger partial charge in [0.15, 0.2) is 0 Å². The van der Waals surface area contributed by atoms with Gasteiger partial charge in [-0.05, 0) is 56.4 Å². The minimum atomic E-state index is -2.40. The number of carbonyl (C=O) groups is 1. The molecule has 5 aromatic rings. The molecular weight excluding hydrogens is 696 g/mol. The maximum Gasteiger partial charge on any atom is 0.338 e. The smallest absolute Gasteiger partial charge is 0.338 e. The highest BCUT2D eigenvalue weighted by molar-refractivity contribution is 7.18. The summed E-state index contributed by atoms with van der Waals surface area (Å²) >= 11 is 7.66. The van der Waals surface area contributed by atoms with Gasteiger partial charge in [-0.15, -0.1) is 11.3 Å². The second kappa shape index (κ2) is 13.6. The lowest BCUT2D eigenvalue weighted by Gasteiger charge is -2.43. The highest BCUT2D eigenvalue weighted by atomic mass is 35.5. The highest BCUT2D eigenvalue weighted by Gasteiger charge is 2.46. The molecule has 0 radical (unpaired) electrons. The first kappa shape index (κ1) is 34.5. The van der Waals surface area contributed by atoms with Crippen LogP contribution in [0.15, 0.2) is 46.8 Å². The standard InChI is InChI=1S/C37H32ClF2N7O3S/c1-19-11-24-13-23(14-30(19)47(24)17-31(39)40)45(3)35-27(15-41)32-29(16-43-35)44-20(2)46(36(32)48)10-4-5-21-6-7-22(38)12-26(21)25-8-9-42-33-28(37(49)50)18-51-34(25)33/h6-9,12,16,18-19,23-24,30-31H,10-11,13-14,17H2,1-3H3,(H,49,50)/t19?,23-,24-,30-/m0/s1. The molecule has 0 amide bonds. The minimum Gasteiger partial charge on any atom is -0.478 e. The Morgan fingerprint density at radius 2 is 2.02 bits per heavy atom. The van der Waals surface area contributed by atoms with Gasteiger partial charge in [0.25, 0.3) is 12.0 Å². The number of hydrogen-bond acceptors (Lipinski definition) is 9. The molecule has 4 atom stereocenters. The SMILES string of the molecule is Cc1nc2cnc(N(C)[C@H]3C[C@@H]4CC(C)[C@H](C3)N4CC(F)F)c(C#N)c2c(=O)n1CC#Cc1ccc(Cl)cc1-c1ccnc2c(C(=O)O)csc12. The summed E-state index contributed by atoms with van der Waals surface area (Å²) in [4.78, 5) is 43.2. The summed E-state index contributed by atoms with van der Waals surface area (Å²) in [5, 5.41) is 22.2. The lowest BCUT2D eigenvalue weighted by Crippen LogP contribution is -2.51. The van der Waals surface area contributed by atoms with E-state index in [0.29, 0.717) is 56.4 Å². The van der Waals surface area contributed by atoms with Gasteiger partial charge in [0.2, 0.25) is 0 Å². The van der Waals surface area contributed by atoms with Crippen LogP contribution < -0.4 is 10.5 Å². The Morgan fingerprint density at radius 3 is 2.75 bits per heavy atom. The number of aromatic nitrogens is 4. The predicted octanol–water partition coefficient (Wildman–Crippen LogP) is 6.59. The maximum absolute atomic E-state index is 14.1. The number of hydrogen-bond donors (Lipinski definition) is 1. The Morgan fingerprint density at radius 1 is 1.22 bits per heavy atom. The van der Waals surface area contributed by atoms with E-state index in [2.05, 4.69) is 39.8 Å². The molecule has 1 aromatic carbocycles. The number of alkyl halides is 2. The molecule has 7 rings (SSSR count). The van der Waals surface area contributed by atoms with Crippen molar-refractivity contribution in [2.45, 2.75) is 64.2 Å². The molecule has 4 aromatic heterocycles. The third-order valence-corrected chi connectivity index (χ3v) is 11.4. The summed E-state index contributed by atoms with van der Waals surface area (Å²) in [6, 6.07) is 9.21. The zero-order valence-corrected chi connectivity index (χ0v) is 29.5. The molecule has 2 aliphatic rings. The molecule has 2 bridgehead atoms. The molecule has 6 heterocycles. The lowest BCUT2D eigenvalue weighted by atomic mass is 9.94. The van der Waals surface area contributed by atoms with Gasteiger partial charge in [-0.3, -0.25) is 19.2 Å². The van der Waals surface area contributed by atoms with Crippen molar-refractivity contribution in [3.05, 3.63) is 79.9 Å². The van der Waals surface area contributed by atoms with Crippen LogP contribution in [0.3, 0.4) is 0 Å². The van der Waals surface area contributed by atoms with Crippen molar-refractivity contribution in [2.75, 3.05) is 18.5 Å². The number of aromatic carboxylic acids is 1. The minimum absolute atomic E-state index is 0.00887. The van der Waals surface area contributed by atoms with E-state index in [1.54, 1.807) is 42.8 Å². The number of rotatable bonds is 7. The lowest BCUT2D eigenvalue weighted by molar-refractivity contribution is 0.0354. The molecule has 0 aliphatic carbocycles. The van der Waals surface area contributed by atoms with E-state index >= 15 is 0 Å². The number of benzene rings is 1. The summed E-state index contributed by atoms with van der Waals surface area (Å²) < 4.78 is 28.8. The fraction of sp³-hybridized carbons (Fsp3) is 0.351. The van der Waals surface area contributed by atoms with Crippen molar-refractivity contribution >= 4 is 55.8 Å². The molecule has 14 heteroatoms. The fourth-order valence-corrected chi connectivity index (χ4v) is 8.97. The number of fused-ring (bicyclic) bond motifs is 4. The van der Waals surface area contributed by atoms with Gasteiger partial charge in [-0.2, -0.15) is 5.26 Å². The van der Waals surface area contributed by atoms with Crippen LogP contribution in [0, 0.1) is 36.0 Å². The fourth-order valence-electron chi connectivity index (χ4n) is 7.77. The highest BCUT2D eigenvalue weighted by Crippen LogP contribution is 2.42. The monoisotopic (exact) mass is 727 g/mol. The number of piperidine rings is 1. The molecule has 10 nitrogen and oxygen atoms in total. The van der Waals surface area contributed by atoms with Crippen LogP contribution in [0.4, 0.5) is 14.6 Å². The molecule has 1 unspecified atom stereocenters. The molecule has 0 saturated carbocycles. The number of nitriles is 1. The molecule has 2 saturated heterocycles. The van der Waals surface area contributed by atoms with Crippen LogP contribution in [0.2, 0.25) is 5.02 Å². The number of anilines is 1. The van der Waals surface area contributed by atoms with Gasteiger partial charge >= 0.3 is 5.97 Å².